The Morgan fingerprint density at radius 2 is 2.23 bits per heavy atom. The Balaban J connectivity index is 1.40. The van der Waals surface area contributed by atoms with Crippen LogP contribution in [0.2, 0.25) is 0 Å². The van der Waals surface area contributed by atoms with E-state index in [0.29, 0.717) is 6.42 Å². The number of fused-ring (bicyclic) bond motifs is 1. The summed E-state index contributed by atoms with van der Waals surface area (Å²) in [4.78, 5) is 24.0. The minimum atomic E-state index is -0.126. The largest absolute Gasteiger partial charge is 0.467 e. The smallest absolute Gasteiger partial charge is 0.225 e. The van der Waals surface area contributed by atoms with E-state index in [-0.39, 0.29) is 17.9 Å². The number of carbonyl (C=O) groups is 1. The average molecular weight is 356 g/mol. The zero-order valence-corrected chi connectivity index (χ0v) is 15.0. The molecule has 1 N–H and O–H groups in total. The van der Waals surface area contributed by atoms with Crippen molar-refractivity contribution in [2.24, 2.45) is 5.92 Å². The Morgan fingerprint density at radius 1 is 1.38 bits per heavy atom. The van der Waals surface area contributed by atoms with Crippen LogP contribution in [0.15, 0.2) is 29.0 Å². The number of aromatic nitrogens is 2. The van der Waals surface area contributed by atoms with Crippen LogP contribution in [0.3, 0.4) is 0 Å². The average Bonchev–Trinajstić information content (AvgIpc) is 3.23. The molecule has 0 aromatic carbocycles. The van der Waals surface area contributed by atoms with Gasteiger partial charge in [-0.2, -0.15) is 0 Å². The molecule has 0 radical (unpaired) electrons. The number of ether oxygens (including phenoxy) is 1. The first-order chi connectivity index (χ1) is 12.7. The Hall–Kier alpha value is -2.41. The summed E-state index contributed by atoms with van der Waals surface area (Å²) in [6.45, 7) is 5.03. The molecule has 4 rings (SSSR count). The van der Waals surface area contributed by atoms with Crippen LogP contribution in [0.4, 0.5) is 5.95 Å². The molecule has 1 aliphatic heterocycles. The van der Waals surface area contributed by atoms with Gasteiger partial charge in [-0.05, 0) is 43.9 Å². The maximum absolute atomic E-state index is 12.6. The lowest BCUT2D eigenvalue weighted by Crippen LogP contribution is -2.38. The molecular weight excluding hydrogens is 332 g/mol. The van der Waals surface area contributed by atoms with E-state index in [1.54, 1.807) is 6.26 Å². The van der Waals surface area contributed by atoms with Crippen LogP contribution < -0.4 is 10.2 Å². The lowest BCUT2D eigenvalue weighted by molar-refractivity contribution is -0.126. The number of morpholine rings is 1. The number of amides is 1. The van der Waals surface area contributed by atoms with Crippen molar-refractivity contribution in [1.82, 2.24) is 15.3 Å². The van der Waals surface area contributed by atoms with Crippen LogP contribution >= 0.6 is 0 Å². The van der Waals surface area contributed by atoms with Gasteiger partial charge in [0.15, 0.2) is 0 Å². The number of nitrogens with one attached hydrogen (secondary N) is 1. The molecule has 7 heteroatoms. The van der Waals surface area contributed by atoms with Crippen LogP contribution in [0.5, 0.6) is 0 Å². The number of nitrogens with zero attached hydrogens (tertiary/aromatic N) is 3. The van der Waals surface area contributed by atoms with Gasteiger partial charge in [-0.1, -0.05) is 0 Å². The highest BCUT2D eigenvalue weighted by molar-refractivity contribution is 5.79. The minimum absolute atomic E-state index is 0.0438. The molecule has 2 aromatic rings. The lowest BCUT2D eigenvalue weighted by Gasteiger charge is -2.29. The minimum Gasteiger partial charge on any atom is -0.467 e. The fraction of sp³-hybridized carbons (Fsp3) is 0.526. The third kappa shape index (κ3) is 3.58. The highest BCUT2D eigenvalue weighted by Crippen LogP contribution is 2.26. The summed E-state index contributed by atoms with van der Waals surface area (Å²) >= 11 is 0. The number of rotatable bonds is 4. The molecule has 2 aromatic heterocycles. The molecule has 1 aliphatic carbocycles. The molecule has 0 bridgehead atoms. The molecule has 1 fully saturated rings. The van der Waals surface area contributed by atoms with Gasteiger partial charge in [-0.15, -0.1) is 0 Å². The van der Waals surface area contributed by atoms with Crippen LogP contribution in [0.25, 0.3) is 0 Å². The van der Waals surface area contributed by atoms with Crippen molar-refractivity contribution in [3.05, 3.63) is 41.6 Å². The summed E-state index contributed by atoms with van der Waals surface area (Å²) < 4.78 is 10.7. The number of anilines is 1. The molecule has 7 nitrogen and oxygen atoms in total. The summed E-state index contributed by atoms with van der Waals surface area (Å²) in [5, 5.41) is 3.05. The third-order valence-corrected chi connectivity index (χ3v) is 5.13. The van der Waals surface area contributed by atoms with E-state index in [1.807, 2.05) is 25.3 Å². The zero-order valence-electron chi connectivity index (χ0n) is 15.0. The number of hydrogen-bond donors (Lipinski definition) is 1. The standard InChI is InChI=1S/C19H24N4O3/c1-13(17-3-2-8-26-17)21-18(24)14-4-5-16-15(11-14)12-20-19(22-16)23-6-9-25-10-7-23/h2-3,8,12-14H,4-7,9-11H2,1H3,(H,21,24). The molecule has 2 atom stereocenters. The Kier molecular flexibility index (Phi) is 4.88. The Bertz CT molecular complexity index is 756. The quantitative estimate of drug-likeness (QED) is 0.901. The highest BCUT2D eigenvalue weighted by Gasteiger charge is 2.28. The van der Waals surface area contributed by atoms with Gasteiger partial charge in [0, 0.05) is 30.9 Å². The summed E-state index contributed by atoms with van der Waals surface area (Å²) in [7, 11) is 0. The third-order valence-electron chi connectivity index (χ3n) is 5.13. The number of furan rings is 1. The topological polar surface area (TPSA) is 80.5 Å². The molecule has 3 heterocycles. The second kappa shape index (κ2) is 7.45. The van der Waals surface area contributed by atoms with Gasteiger partial charge in [0.25, 0.3) is 0 Å². The maximum Gasteiger partial charge on any atom is 0.225 e. The first-order valence-electron chi connectivity index (χ1n) is 9.22. The molecule has 26 heavy (non-hydrogen) atoms. The van der Waals surface area contributed by atoms with Gasteiger partial charge >= 0.3 is 0 Å². The second-order valence-corrected chi connectivity index (χ2v) is 6.93. The van der Waals surface area contributed by atoms with E-state index in [2.05, 4.69) is 15.2 Å². The van der Waals surface area contributed by atoms with Crippen molar-refractivity contribution in [3.8, 4) is 0 Å². The summed E-state index contributed by atoms with van der Waals surface area (Å²) in [6.07, 6.45) is 5.82. The van der Waals surface area contributed by atoms with Crippen molar-refractivity contribution in [2.45, 2.75) is 32.2 Å². The SMILES string of the molecule is CC(NC(=O)C1CCc2nc(N3CCOCC3)ncc2C1)c1ccco1. The van der Waals surface area contributed by atoms with Crippen molar-refractivity contribution >= 4 is 11.9 Å². The molecule has 138 valence electrons. The van der Waals surface area contributed by atoms with Crippen molar-refractivity contribution < 1.29 is 13.9 Å². The Morgan fingerprint density at radius 3 is 3.00 bits per heavy atom. The van der Waals surface area contributed by atoms with Gasteiger partial charge in [-0.25, -0.2) is 9.97 Å². The molecule has 2 aliphatic rings. The normalized spacial score (nSPS) is 21.1. The monoisotopic (exact) mass is 356 g/mol. The Labute approximate surface area is 152 Å². The molecule has 0 saturated carbocycles. The number of carbonyl (C=O) groups excluding carboxylic acids is 1. The lowest BCUT2D eigenvalue weighted by atomic mass is 9.86. The van der Waals surface area contributed by atoms with Crippen LogP contribution in [-0.2, 0) is 22.4 Å². The molecule has 0 spiro atoms. The molecule has 2 unspecified atom stereocenters. The predicted molar refractivity (Wildman–Crippen MR) is 95.8 cm³/mol. The van der Waals surface area contributed by atoms with E-state index in [9.17, 15) is 4.79 Å². The van der Waals surface area contributed by atoms with E-state index in [4.69, 9.17) is 14.1 Å². The summed E-state index contributed by atoms with van der Waals surface area (Å²) in [5.41, 5.74) is 2.16. The zero-order chi connectivity index (χ0) is 17.9. The van der Waals surface area contributed by atoms with E-state index >= 15 is 0 Å². The first-order valence-corrected chi connectivity index (χ1v) is 9.22. The van der Waals surface area contributed by atoms with Gasteiger partial charge in [0.2, 0.25) is 11.9 Å². The van der Waals surface area contributed by atoms with Crippen molar-refractivity contribution in [3.63, 3.8) is 0 Å². The molecular formula is C19H24N4O3. The maximum atomic E-state index is 12.6. The van der Waals surface area contributed by atoms with E-state index < -0.39 is 0 Å². The van der Waals surface area contributed by atoms with Gasteiger partial charge < -0.3 is 19.4 Å². The van der Waals surface area contributed by atoms with Crippen LogP contribution in [0.1, 0.15) is 36.4 Å². The van der Waals surface area contributed by atoms with E-state index in [1.165, 1.54) is 0 Å². The molecule has 1 amide bonds. The van der Waals surface area contributed by atoms with Crippen LogP contribution in [-0.4, -0.2) is 42.2 Å². The molecule has 1 saturated heterocycles. The summed E-state index contributed by atoms with van der Waals surface area (Å²) in [5.74, 6) is 1.57. The first kappa shape index (κ1) is 17.0. The van der Waals surface area contributed by atoms with E-state index in [0.717, 1.165) is 62.1 Å². The fourth-order valence-electron chi connectivity index (χ4n) is 3.58. The van der Waals surface area contributed by atoms with Crippen LogP contribution in [0, 0.1) is 5.92 Å². The fourth-order valence-corrected chi connectivity index (χ4v) is 3.58. The second-order valence-electron chi connectivity index (χ2n) is 6.93. The van der Waals surface area contributed by atoms with Gasteiger partial charge in [0.1, 0.15) is 5.76 Å². The summed E-state index contributed by atoms with van der Waals surface area (Å²) in [6, 6.07) is 3.58. The predicted octanol–water partition coefficient (Wildman–Crippen LogP) is 1.89. The number of aryl methyl sites for hydroxylation is 1. The highest BCUT2D eigenvalue weighted by atomic mass is 16.5. The van der Waals surface area contributed by atoms with Crippen molar-refractivity contribution in [1.29, 1.82) is 0 Å². The van der Waals surface area contributed by atoms with Gasteiger partial charge in [-0.3, -0.25) is 4.79 Å². The number of hydrogen-bond acceptors (Lipinski definition) is 6. The van der Waals surface area contributed by atoms with Gasteiger partial charge in [0.05, 0.1) is 25.5 Å². The van der Waals surface area contributed by atoms with Crippen molar-refractivity contribution in [2.75, 3.05) is 31.2 Å².